The smallest absolute Gasteiger partial charge is 0.285 e. The SMILES string of the molecule is CCN(CC)c1ccc(/C=N/N(CCC(=O)NC2CCCCC2)C2=NS(=O)(=O)c3ccccc32)cc1. The van der Waals surface area contributed by atoms with Crippen molar-refractivity contribution in [3.05, 3.63) is 59.7 Å². The maximum Gasteiger partial charge on any atom is 0.285 e. The average molecular weight is 510 g/mol. The number of nitrogens with one attached hydrogen (secondary N) is 1. The zero-order valence-electron chi connectivity index (χ0n) is 21.1. The molecule has 0 aromatic heterocycles. The number of amidine groups is 1. The highest BCUT2D eigenvalue weighted by Crippen LogP contribution is 2.28. The van der Waals surface area contributed by atoms with E-state index in [0.717, 1.165) is 50.0 Å². The topological polar surface area (TPSA) is 94.4 Å². The van der Waals surface area contributed by atoms with Gasteiger partial charge in [0.15, 0.2) is 5.84 Å². The van der Waals surface area contributed by atoms with Crippen LogP contribution < -0.4 is 10.2 Å². The Kier molecular flexibility index (Phi) is 8.40. The van der Waals surface area contributed by atoms with Gasteiger partial charge in [-0.05, 0) is 56.5 Å². The Morgan fingerprint density at radius 2 is 1.75 bits per heavy atom. The van der Waals surface area contributed by atoms with E-state index >= 15 is 0 Å². The van der Waals surface area contributed by atoms with Crippen LogP contribution in [-0.4, -0.2) is 57.1 Å². The van der Waals surface area contributed by atoms with E-state index in [1.807, 2.05) is 24.3 Å². The summed E-state index contributed by atoms with van der Waals surface area (Å²) in [5.41, 5.74) is 2.50. The van der Waals surface area contributed by atoms with Crippen molar-refractivity contribution in [3.8, 4) is 0 Å². The largest absolute Gasteiger partial charge is 0.372 e. The third-order valence-electron chi connectivity index (χ3n) is 6.75. The summed E-state index contributed by atoms with van der Waals surface area (Å²) in [7, 11) is -3.80. The summed E-state index contributed by atoms with van der Waals surface area (Å²) in [5, 5.41) is 9.24. The first-order valence-corrected chi connectivity index (χ1v) is 14.3. The molecule has 2 aromatic rings. The number of carbonyl (C=O) groups excluding carboxylic acids is 1. The van der Waals surface area contributed by atoms with Crippen molar-refractivity contribution in [1.82, 2.24) is 10.3 Å². The van der Waals surface area contributed by atoms with Gasteiger partial charge < -0.3 is 10.2 Å². The second-order valence-electron chi connectivity index (χ2n) is 9.17. The molecule has 1 fully saturated rings. The maximum absolute atomic E-state index is 12.7. The van der Waals surface area contributed by atoms with E-state index in [1.165, 1.54) is 11.4 Å². The van der Waals surface area contributed by atoms with Crippen LogP contribution in [0, 0.1) is 0 Å². The molecule has 4 rings (SSSR count). The van der Waals surface area contributed by atoms with Crippen LogP contribution in [0.4, 0.5) is 5.69 Å². The second-order valence-corrected chi connectivity index (χ2v) is 10.7. The fraction of sp³-hybridized carbons (Fsp3) is 0.444. The molecule has 1 saturated carbocycles. The lowest BCUT2D eigenvalue weighted by molar-refractivity contribution is -0.122. The minimum Gasteiger partial charge on any atom is -0.372 e. The lowest BCUT2D eigenvalue weighted by Gasteiger charge is -2.24. The van der Waals surface area contributed by atoms with E-state index in [1.54, 1.807) is 30.5 Å². The van der Waals surface area contributed by atoms with E-state index in [4.69, 9.17) is 0 Å². The van der Waals surface area contributed by atoms with Crippen molar-refractivity contribution in [2.45, 2.75) is 63.3 Å². The number of rotatable bonds is 9. The number of hydrogen-bond acceptors (Lipinski definition) is 6. The van der Waals surface area contributed by atoms with Crippen molar-refractivity contribution < 1.29 is 13.2 Å². The van der Waals surface area contributed by atoms with E-state index < -0.39 is 10.0 Å². The zero-order valence-corrected chi connectivity index (χ0v) is 21.9. The summed E-state index contributed by atoms with van der Waals surface area (Å²) in [6.07, 6.45) is 7.39. The monoisotopic (exact) mass is 509 g/mol. The van der Waals surface area contributed by atoms with Crippen LogP contribution in [0.25, 0.3) is 0 Å². The third-order valence-corrected chi connectivity index (χ3v) is 8.07. The van der Waals surface area contributed by atoms with Crippen LogP contribution in [0.5, 0.6) is 0 Å². The quantitative estimate of drug-likeness (QED) is 0.405. The zero-order chi connectivity index (χ0) is 25.5. The number of amides is 1. The Morgan fingerprint density at radius 1 is 1.06 bits per heavy atom. The summed E-state index contributed by atoms with van der Waals surface area (Å²) in [4.78, 5) is 15.1. The second kappa shape index (κ2) is 11.7. The first kappa shape index (κ1) is 25.9. The molecule has 0 saturated heterocycles. The average Bonchev–Trinajstić information content (AvgIpc) is 3.17. The van der Waals surface area contributed by atoms with Crippen molar-refractivity contribution in [3.63, 3.8) is 0 Å². The molecule has 8 nitrogen and oxygen atoms in total. The first-order valence-electron chi connectivity index (χ1n) is 12.8. The Hall–Kier alpha value is -3.20. The van der Waals surface area contributed by atoms with Crippen LogP contribution in [0.3, 0.4) is 0 Å². The van der Waals surface area contributed by atoms with Gasteiger partial charge in [0.2, 0.25) is 5.91 Å². The molecule has 1 aliphatic carbocycles. The van der Waals surface area contributed by atoms with E-state index in [2.05, 4.69) is 33.6 Å². The summed E-state index contributed by atoms with van der Waals surface area (Å²) in [6, 6.07) is 15.0. The third kappa shape index (κ3) is 6.13. The molecule has 1 aliphatic heterocycles. The molecule has 9 heteroatoms. The molecule has 192 valence electrons. The van der Waals surface area contributed by atoms with Crippen LogP contribution >= 0.6 is 0 Å². The Balaban J connectivity index is 1.54. The fourth-order valence-corrected chi connectivity index (χ4v) is 5.95. The molecule has 0 bridgehead atoms. The minimum atomic E-state index is -3.80. The molecular weight excluding hydrogens is 474 g/mol. The summed E-state index contributed by atoms with van der Waals surface area (Å²) in [6.45, 7) is 6.31. The van der Waals surface area contributed by atoms with Crippen molar-refractivity contribution in [1.29, 1.82) is 0 Å². The fourth-order valence-electron chi connectivity index (χ4n) is 4.74. The van der Waals surface area contributed by atoms with Gasteiger partial charge in [-0.1, -0.05) is 43.5 Å². The van der Waals surface area contributed by atoms with Crippen molar-refractivity contribution in [2.75, 3.05) is 24.5 Å². The van der Waals surface area contributed by atoms with E-state index in [-0.39, 0.29) is 35.6 Å². The van der Waals surface area contributed by atoms with Gasteiger partial charge in [0, 0.05) is 36.8 Å². The first-order chi connectivity index (χ1) is 17.4. The lowest BCUT2D eigenvalue weighted by atomic mass is 9.95. The number of fused-ring (bicyclic) bond motifs is 1. The molecule has 0 atom stereocenters. The van der Waals surface area contributed by atoms with Gasteiger partial charge in [-0.2, -0.15) is 13.5 Å². The number of hydrogen-bond donors (Lipinski definition) is 1. The van der Waals surface area contributed by atoms with Gasteiger partial charge in [0.25, 0.3) is 10.0 Å². The van der Waals surface area contributed by atoms with Crippen molar-refractivity contribution >= 4 is 33.7 Å². The minimum absolute atomic E-state index is 0.0552. The summed E-state index contributed by atoms with van der Waals surface area (Å²) in [5.74, 6) is 0.187. The Bertz CT molecular complexity index is 1210. The van der Waals surface area contributed by atoms with Gasteiger partial charge in [-0.15, -0.1) is 4.40 Å². The van der Waals surface area contributed by atoms with Crippen LogP contribution in [-0.2, 0) is 14.8 Å². The van der Waals surface area contributed by atoms with Gasteiger partial charge in [-0.25, -0.2) is 5.01 Å². The van der Waals surface area contributed by atoms with Crippen LogP contribution in [0.15, 0.2) is 62.9 Å². The number of benzene rings is 2. The van der Waals surface area contributed by atoms with Gasteiger partial charge in [-0.3, -0.25) is 4.79 Å². The lowest BCUT2D eigenvalue weighted by Crippen LogP contribution is -2.38. The van der Waals surface area contributed by atoms with Crippen LogP contribution in [0.2, 0.25) is 0 Å². The molecule has 1 amide bonds. The normalized spacial score (nSPS) is 17.0. The highest BCUT2D eigenvalue weighted by Gasteiger charge is 2.32. The number of anilines is 1. The number of sulfonamides is 1. The standard InChI is InChI=1S/C27H35N5O3S/c1-3-31(4-2)23-16-14-21(15-17-23)20-28-32(19-18-26(33)29-22-10-6-5-7-11-22)27-24-12-8-9-13-25(24)36(34,35)30-27/h8-9,12-17,20,22H,3-7,10-11,18-19H2,1-2H3,(H,29,33)/b28-20+. The molecular formula is C27H35N5O3S. The summed E-state index contributed by atoms with van der Waals surface area (Å²) >= 11 is 0. The molecule has 2 aromatic carbocycles. The molecule has 36 heavy (non-hydrogen) atoms. The van der Waals surface area contributed by atoms with E-state index in [9.17, 15) is 13.2 Å². The maximum atomic E-state index is 12.7. The molecule has 1 N–H and O–H groups in total. The van der Waals surface area contributed by atoms with Gasteiger partial charge in [0.05, 0.1) is 12.8 Å². The number of carbonyl (C=O) groups is 1. The number of hydrazone groups is 1. The summed E-state index contributed by atoms with van der Waals surface area (Å²) < 4.78 is 29.3. The number of nitrogens with zero attached hydrogens (tertiary/aromatic N) is 4. The predicted molar refractivity (Wildman–Crippen MR) is 144 cm³/mol. The molecule has 0 unspecified atom stereocenters. The molecule has 0 radical (unpaired) electrons. The van der Waals surface area contributed by atoms with Crippen LogP contribution in [0.1, 0.15) is 63.5 Å². The van der Waals surface area contributed by atoms with Gasteiger partial charge in [0.1, 0.15) is 4.90 Å². The highest BCUT2D eigenvalue weighted by atomic mass is 32.2. The Labute approximate surface area is 214 Å². The van der Waals surface area contributed by atoms with Gasteiger partial charge >= 0.3 is 0 Å². The predicted octanol–water partition coefficient (Wildman–Crippen LogP) is 4.16. The van der Waals surface area contributed by atoms with E-state index in [0.29, 0.717) is 5.56 Å². The molecule has 1 heterocycles. The Morgan fingerprint density at radius 3 is 2.44 bits per heavy atom. The highest BCUT2D eigenvalue weighted by molar-refractivity contribution is 7.90. The molecule has 0 spiro atoms. The van der Waals surface area contributed by atoms with Crippen molar-refractivity contribution in [2.24, 2.45) is 9.50 Å². The molecule has 2 aliphatic rings.